The normalized spacial score (nSPS) is 19.7. The molecule has 0 spiro atoms. The van der Waals surface area contributed by atoms with Crippen molar-refractivity contribution in [3.05, 3.63) is 53.1 Å². The lowest BCUT2D eigenvalue weighted by Crippen LogP contribution is -2.34. The summed E-state index contributed by atoms with van der Waals surface area (Å²) in [5.74, 6) is -0.0804. The third-order valence-corrected chi connectivity index (χ3v) is 6.23. The zero-order valence-electron chi connectivity index (χ0n) is 21.7. The molecule has 0 unspecified atom stereocenters. The van der Waals surface area contributed by atoms with Gasteiger partial charge in [-0.05, 0) is 49.9 Å². The van der Waals surface area contributed by atoms with Crippen molar-refractivity contribution in [3.63, 3.8) is 0 Å². The predicted molar refractivity (Wildman–Crippen MR) is 138 cm³/mol. The van der Waals surface area contributed by atoms with Crippen molar-refractivity contribution in [2.24, 2.45) is 4.99 Å². The van der Waals surface area contributed by atoms with Gasteiger partial charge in [-0.1, -0.05) is 0 Å². The summed E-state index contributed by atoms with van der Waals surface area (Å²) in [6.07, 6.45) is 3.07. The van der Waals surface area contributed by atoms with Crippen molar-refractivity contribution >= 4 is 17.7 Å². The molecule has 1 aromatic carbocycles. The lowest BCUT2D eigenvalue weighted by molar-refractivity contribution is -0.134. The molecular weight excluding hydrogens is 496 g/mol. The van der Waals surface area contributed by atoms with E-state index in [4.69, 9.17) is 34.2 Å². The highest BCUT2D eigenvalue weighted by Gasteiger charge is 2.38. The fourth-order valence-electron chi connectivity index (χ4n) is 4.60. The van der Waals surface area contributed by atoms with Gasteiger partial charge < -0.3 is 34.3 Å². The number of benzene rings is 1. The van der Waals surface area contributed by atoms with Crippen molar-refractivity contribution in [1.29, 1.82) is 0 Å². The highest BCUT2D eigenvalue weighted by molar-refractivity contribution is 6.16. The first-order valence-corrected chi connectivity index (χ1v) is 12.1. The van der Waals surface area contributed by atoms with E-state index in [2.05, 4.69) is 4.98 Å². The first kappa shape index (κ1) is 28.5. The van der Waals surface area contributed by atoms with E-state index in [0.717, 1.165) is 35.2 Å². The molecule has 0 bridgehead atoms. The molecule has 4 rings (SSSR count). The number of carbonyl (C=O) groups is 2. The summed E-state index contributed by atoms with van der Waals surface area (Å²) in [4.78, 5) is 28.7. The van der Waals surface area contributed by atoms with Crippen LogP contribution in [0.15, 0.2) is 41.4 Å². The third kappa shape index (κ3) is 6.60. The van der Waals surface area contributed by atoms with E-state index < -0.39 is 11.9 Å². The summed E-state index contributed by atoms with van der Waals surface area (Å²) in [5.41, 5.74) is 3.69. The van der Waals surface area contributed by atoms with Crippen LogP contribution in [0.4, 0.5) is 0 Å². The molecule has 38 heavy (non-hydrogen) atoms. The number of carboxylic acids is 2. The van der Waals surface area contributed by atoms with Crippen LogP contribution in [0.2, 0.25) is 0 Å². The lowest BCUT2D eigenvalue weighted by Gasteiger charge is -2.37. The van der Waals surface area contributed by atoms with Gasteiger partial charge in [0.2, 0.25) is 11.8 Å². The van der Waals surface area contributed by atoms with E-state index >= 15 is 0 Å². The number of carboxylic acid groups (broad SMARTS) is 2. The number of hydrogen-bond donors (Lipinski definition) is 3. The average Bonchev–Trinajstić information content (AvgIpc) is 2.91. The van der Waals surface area contributed by atoms with Gasteiger partial charge in [0.25, 0.3) is 0 Å². The van der Waals surface area contributed by atoms with Crippen LogP contribution in [0, 0.1) is 0 Å². The number of hydrogen-bond acceptors (Lipinski definition) is 9. The molecule has 204 valence electrons. The van der Waals surface area contributed by atoms with Gasteiger partial charge in [0.1, 0.15) is 0 Å². The van der Waals surface area contributed by atoms with E-state index in [1.54, 1.807) is 21.3 Å². The Labute approximate surface area is 220 Å². The van der Waals surface area contributed by atoms with Gasteiger partial charge in [-0.2, -0.15) is 4.98 Å². The molecular formula is C27H32N2O9. The number of ether oxygens (including phenoxy) is 4. The fraction of sp³-hybridized carbons (Fsp3) is 0.407. The maximum Gasteiger partial charge on any atom is 0.328 e. The molecule has 1 fully saturated rings. The second-order valence-corrected chi connectivity index (χ2v) is 8.56. The largest absolute Gasteiger partial charge is 0.493 e. The van der Waals surface area contributed by atoms with E-state index in [9.17, 15) is 14.7 Å². The summed E-state index contributed by atoms with van der Waals surface area (Å²) >= 11 is 0. The van der Waals surface area contributed by atoms with E-state index in [-0.39, 0.29) is 18.1 Å². The smallest absolute Gasteiger partial charge is 0.328 e. The van der Waals surface area contributed by atoms with Gasteiger partial charge in [-0.3, -0.25) is 4.99 Å². The molecule has 2 heterocycles. The minimum atomic E-state index is -1.26. The second kappa shape index (κ2) is 12.9. The Morgan fingerprint density at radius 2 is 1.68 bits per heavy atom. The minimum Gasteiger partial charge on any atom is -0.493 e. The summed E-state index contributed by atoms with van der Waals surface area (Å²) in [5, 5.41) is 25.9. The molecule has 3 N–H and O–H groups in total. The standard InChI is InChI=1S/C23H28N2O5.C4H4O4/c1-5-30-20-11-15-16-10-13(26)6-8-18(16)24-22(17(15)12-19(20)27-2)14-7-9-21(28-3)25-23(14)29-4;5-3(6)1-2-4(7)8/h7,9,11-13,16,18,26H,5-6,8,10H2,1-4H3;1-2H,(H,5,6)(H,7,8)/b;2-1-/t13-,16-,18-;/m1./s1. The maximum atomic E-state index is 10.3. The van der Waals surface area contributed by atoms with Crippen LogP contribution < -0.4 is 18.9 Å². The number of aliphatic carboxylic acids is 2. The maximum absolute atomic E-state index is 10.3. The molecule has 2 aromatic rings. The molecule has 1 aliphatic heterocycles. The van der Waals surface area contributed by atoms with Crippen molar-refractivity contribution in [1.82, 2.24) is 4.98 Å². The Balaban J connectivity index is 0.000000436. The van der Waals surface area contributed by atoms with Crippen molar-refractivity contribution in [3.8, 4) is 23.3 Å². The molecule has 0 radical (unpaired) electrons. The van der Waals surface area contributed by atoms with E-state index in [1.807, 2.05) is 31.2 Å². The Hall–Kier alpha value is -4.12. The fourth-order valence-corrected chi connectivity index (χ4v) is 4.60. The molecule has 11 nitrogen and oxygen atoms in total. The van der Waals surface area contributed by atoms with Gasteiger partial charge >= 0.3 is 11.9 Å². The zero-order valence-corrected chi connectivity index (χ0v) is 21.7. The van der Waals surface area contributed by atoms with Gasteiger partial charge in [-0.15, -0.1) is 0 Å². The number of pyridine rings is 1. The number of fused-ring (bicyclic) bond motifs is 3. The van der Waals surface area contributed by atoms with Crippen LogP contribution in [-0.2, 0) is 9.59 Å². The average molecular weight is 529 g/mol. The second-order valence-electron chi connectivity index (χ2n) is 8.56. The molecule has 1 aliphatic carbocycles. The Kier molecular flexibility index (Phi) is 9.66. The van der Waals surface area contributed by atoms with Gasteiger partial charge in [0.15, 0.2) is 11.5 Å². The van der Waals surface area contributed by atoms with E-state index in [0.29, 0.717) is 48.4 Å². The van der Waals surface area contributed by atoms with Crippen LogP contribution in [0.5, 0.6) is 23.3 Å². The van der Waals surface area contributed by atoms with Crippen LogP contribution in [0.25, 0.3) is 0 Å². The SMILES string of the molecule is CCOc1cc2c(cc1OC)C(c1ccc(OC)nc1OC)=N[C@@H]1CC[C@@H](O)C[C@H]21.O=C(O)/C=C\C(=O)O. The zero-order chi connectivity index (χ0) is 27.8. The lowest BCUT2D eigenvalue weighted by atomic mass is 9.74. The first-order chi connectivity index (χ1) is 18.2. The molecule has 3 atom stereocenters. The predicted octanol–water partition coefficient (Wildman–Crippen LogP) is 3.07. The van der Waals surface area contributed by atoms with Crippen LogP contribution >= 0.6 is 0 Å². The van der Waals surface area contributed by atoms with Crippen LogP contribution in [0.1, 0.15) is 48.8 Å². The van der Waals surface area contributed by atoms with E-state index in [1.165, 1.54) is 0 Å². The van der Waals surface area contributed by atoms with Gasteiger partial charge in [-0.25, -0.2) is 9.59 Å². The Morgan fingerprint density at radius 3 is 2.26 bits per heavy atom. The molecule has 0 amide bonds. The Bertz CT molecular complexity index is 1210. The molecule has 1 saturated carbocycles. The van der Waals surface area contributed by atoms with Crippen LogP contribution in [0.3, 0.4) is 0 Å². The first-order valence-electron chi connectivity index (χ1n) is 12.1. The minimum absolute atomic E-state index is 0.0885. The number of methoxy groups -OCH3 is 3. The number of aliphatic hydroxyl groups is 1. The number of rotatable bonds is 8. The number of aromatic nitrogens is 1. The van der Waals surface area contributed by atoms with Crippen molar-refractivity contribution in [2.45, 2.75) is 44.2 Å². The summed E-state index contributed by atoms with van der Waals surface area (Å²) < 4.78 is 22.2. The van der Waals surface area contributed by atoms with Crippen LogP contribution in [-0.4, -0.2) is 78.0 Å². The molecule has 1 aromatic heterocycles. The Morgan fingerprint density at radius 1 is 0.974 bits per heavy atom. The highest BCUT2D eigenvalue weighted by atomic mass is 16.5. The summed E-state index contributed by atoms with van der Waals surface area (Å²) in [6, 6.07) is 7.84. The number of aliphatic imine (C=N–C) groups is 1. The number of nitrogens with zero attached hydrogens (tertiary/aromatic N) is 2. The molecule has 0 saturated heterocycles. The highest BCUT2D eigenvalue weighted by Crippen LogP contribution is 2.45. The number of aliphatic hydroxyl groups excluding tert-OH is 1. The van der Waals surface area contributed by atoms with Gasteiger partial charge in [0, 0.05) is 29.7 Å². The van der Waals surface area contributed by atoms with Gasteiger partial charge in [0.05, 0.1) is 51.4 Å². The summed E-state index contributed by atoms with van der Waals surface area (Å²) in [6.45, 7) is 2.50. The van der Waals surface area contributed by atoms with Crippen molar-refractivity contribution < 1.29 is 43.9 Å². The monoisotopic (exact) mass is 528 g/mol. The summed E-state index contributed by atoms with van der Waals surface area (Å²) in [7, 11) is 4.80. The quantitative estimate of drug-likeness (QED) is 0.435. The molecule has 2 aliphatic rings. The topological polar surface area (TPSA) is 157 Å². The van der Waals surface area contributed by atoms with Crippen molar-refractivity contribution in [2.75, 3.05) is 27.9 Å². The molecule has 11 heteroatoms. The third-order valence-electron chi connectivity index (χ3n) is 6.23.